The van der Waals surface area contributed by atoms with Crippen molar-refractivity contribution in [1.29, 1.82) is 0 Å². The Morgan fingerprint density at radius 3 is 2.07 bits per heavy atom. The van der Waals surface area contributed by atoms with Crippen molar-refractivity contribution < 1.29 is 22.5 Å². The van der Waals surface area contributed by atoms with Crippen LogP contribution in [-0.2, 0) is 10.8 Å². The van der Waals surface area contributed by atoms with Crippen LogP contribution in [0.4, 0.5) is 13.2 Å². The highest BCUT2D eigenvalue weighted by molar-refractivity contribution is 7.86. The van der Waals surface area contributed by atoms with E-state index in [1.807, 2.05) is 0 Å². The molecule has 2 fully saturated rings. The Hall–Kier alpha value is -0.100. The highest BCUT2D eigenvalue weighted by atomic mass is 32.2. The predicted molar refractivity (Wildman–Crippen MR) is 49.8 cm³/mol. The second kappa shape index (κ2) is 3.45. The zero-order chi connectivity index (χ0) is 11.3. The summed E-state index contributed by atoms with van der Waals surface area (Å²) in [5.74, 6) is 0. The molecule has 0 amide bonds. The van der Waals surface area contributed by atoms with E-state index in [1.54, 1.807) is 0 Å². The van der Waals surface area contributed by atoms with Crippen molar-refractivity contribution >= 4 is 10.8 Å². The first-order valence-corrected chi connectivity index (χ1v) is 6.29. The van der Waals surface area contributed by atoms with Gasteiger partial charge in [0.1, 0.15) is 0 Å². The minimum atomic E-state index is -4.59. The third-order valence-corrected chi connectivity index (χ3v) is 5.49. The van der Waals surface area contributed by atoms with E-state index in [0.29, 0.717) is 12.8 Å². The van der Waals surface area contributed by atoms with Crippen molar-refractivity contribution in [2.75, 3.05) is 0 Å². The standard InChI is InChI=1S/C9H13F3O2S/c10-9(11,12)8(13)4-6-2-1-3-7(5-8)15(6)14/h6-7,13H,1-5H2. The monoisotopic (exact) mass is 242 g/mol. The lowest BCUT2D eigenvalue weighted by molar-refractivity contribution is -0.267. The lowest BCUT2D eigenvalue weighted by atomic mass is 9.85. The molecule has 0 aromatic heterocycles. The molecule has 0 radical (unpaired) electrons. The average molecular weight is 242 g/mol. The molecule has 2 unspecified atom stereocenters. The van der Waals surface area contributed by atoms with Gasteiger partial charge in [0, 0.05) is 21.3 Å². The lowest BCUT2D eigenvalue weighted by Crippen LogP contribution is -2.56. The molecule has 0 aliphatic carbocycles. The van der Waals surface area contributed by atoms with Crippen molar-refractivity contribution in [2.24, 2.45) is 0 Å². The molecule has 2 saturated heterocycles. The smallest absolute Gasteiger partial charge is 0.380 e. The molecule has 0 spiro atoms. The van der Waals surface area contributed by atoms with Gasteiger partial charge in [-0.2, -0.15) is 13.2 Å². The maximum Gasteiger partial charge on any atom is 0.417 e. The van der Waals surface area contributed by atoms with Gasteiger partial charge >= 0.3 is 6.18 Å². The van der Waals surface area contributed by atoms with Gasteiger partial charge in [0.15, 0.2) is 5.60 Å². The molecule has 88 valence electrons. The third-order valence-electron chi connectivity index (χ3n) is 3.37. The summed E-state index contributed by atoms with van der Waals surface area (Å²) in [5.41, 5.74) is -2.60. The van der Waals surface area contributed by atoms with Crippen molar-refractivity contribution in [3.8, 4) is 0 Å². The summed E-state index contributed by atoms with van der Waals surface area (Å²) >= 11 is 0. The topological polar surface area (TPSA) is 37.3 Å². The number of halogens is 3. The van der Waals surface area contributed by atoms with Crippen molar-refractivity contribution in [3.05, 3.63) is 0 Å². The second-order valence-electron chi connectivity index (χ2n) is 4.44. The van der Waals surface area contributed by atoms with Gasteiger partial charge in [-0.05, 0) is 25.7 Å². The van der Waals surface area contributed by atoms with Crippen LogP contribution in [0.3, 0.4) is 0 Å². The Bertz CT molecular complexity index is 274. The molecule has 15 heavy (non-hydrogen) atoms. The maximum atomic E-state index is 12.6. The summed E-state index contributed by atoms with van der Waals surface area (Å²) < 4.78 is 49.5. The fourth-order valence-electron chi connectivity index (χ4n) is 2.51. The quantitative estimate of drug-likeness (QED) is 0.702. The zero-order valence-corrected chi connectivity index (χ0v) is 8.90. The van der Waals surface area contributed by atoms with E-state index >= 15 is 0 Å². The van der Waals surface area contributed by atoms with E-state index < -0.39 is 33.1 Å². The van der Waals surface area contributed by atoms with E-state index in [9.17, 15) is 22.5 Å². The van der Waals surface area contributed by atoms with Crippen LogP contribution in [0.1, 0.15) is 32.1 Å². The molecule has 0 aromatic rings. The van der Waals surface area contributed by atoms with Crippen molar-refractivity contribution in [3.63, 3.8) is 0 Å². The molecule has 2 bridgehead atoms. The Labute approximate surface area is 88.3 Å². The molecule has 0 saturated carbocycles. The predicted octanol–water partition coefficient (Wildman–Crippen LogP) is 1.74. The van der Waals surface area contributed by atoms with Gasteiger partial charge in [-0.1, -0.05) is 6.42 Å². The van der Waals surface area contributed by atoms with E-state index in [-0.39, 0.29) is 12.8 Å². The summed E-state index contributed by atoms with van der Waals surface area (Å²) in [6.07, 6.45) is -3.46. The summed E-state index contributed by atoms with van der Waals surface area (Å²) in [5, 5.41) is 8.64. The van der Waals surface area contributed by atoms with Gasteiger partial charge < -0.3 is 5.11 Å². The summed E-state index contributed by atoms with van der Waals surface area (Å²) in [6.45, 7) is 0. The fraction of sp³-hybridized carbons (Fsp3) is 1.00. The fourth-order valence-corrected chi connectivity index (χ4v) is 4.74. The number of aliphatic hydroxyl groups is 1. The van der Waals surface area contributed by atoms with Gasteiger partial charge in [-0.25, -0.2) is 0 Å². The Morgan fingerprint density at radius 2 is 1.67 bits per heavy atom. The summed E-state index contributed by atoms with van der Waals surface area (Å²) in [7, 11) is -1.18. The number of alkyl halides is 3. The third kappa shape index (κ3) is 1.82. The highest BCUT2D eigenvalue weighted by Crippen LogP contribution is 2.46. The molecule has 2 aliphatic rings. The molecule has 1 N–H and O–H groups in total. The Balaban J connectivity index is 2.24. The van der Waals surface area contributed by atoms with Gasteiger partial charge in [-0.3, -0.25) is 4.21 Å². The van der Waals surface area contributed by atoms with Crippen molar-refractivity contribution in [1.82, 2.24) is 0 Å². The molecular formula is C9H13F3O2S. The highest BCUT2D eigenvalue weighted by Gasteiger charge is 2.59. The van der Waals surface area contributed by atoms with E-state index in [1.165, 1.54) is 0 Å². The van der Waals surface area contributed by atoms with Gasteiger partial charge in [0.25, 0.3) is 0 Å². The first-order chi connectivity index (χ1) is 6.83. The van der Waals surface area contributed by atoms with Crippen LogP contribution >= 0.6 is 0 Å². The van der Waals surface area contributed by atoms with Crippen LogP contribution < -0.4 is 0 Å². The number of hydrogen-bond acceptors (Lipinski definition) is 2. The van der Waals surface area contributed by atoms with Crippen LogP contribution in [0.15, 0.2) is 0 Å². The van der Waals surface area contributed by atoms with E-state index in [4.69, 9.17) is 0 Å². The summed E-state index contributed by atoms with van der Waals surface area (Å²) in [4.78, 5) is 0. The van der Waals surface area contributed by atoms with Crippen LogP contribution in [0.2, 0.25) is 0 Å². The number of fused-ring (bicyclic) bond motifs is 2. The molecule has 2 heterocycles. The van der Waals surface area contributed by atoms with Gasteiger partial charge in [0.2, 0.25) is 0 Å². The zero-order valence-electron chi connectivity index (χ0n) is 8.09. The second-order valence-corrected chi connectivity index (χ2v) is 6.43. The SMILES string of the molecule is O=S1C2CCCC1CC(O)(C(F)(F)F)C2. The first-order valence-electron chi connectivity index (χ1n) is 5.02. The van der Waals surface area contributed by atoms with Gasteiger partial charge in [-0.15, -0.1) is 0 Å². The molecule has 2 nitrogen and oxygen atoms in total. The lowest BCUT2D eigenvalue weighted by Gasteiger charge is -2.44. The molecule has 2 rings (SSSR count). The number of rotatable bonds is 0. The van der Waals surface area contributed by atoms with Crippen LogP contribution in [-0.4, -0.2) is 31.6 Å². The summed E-state index contributed by atoms with van der Waals surface area (Å²) in [6, 6.07) is 0. The van der Waals surface area contributed by atoms with E-state index in [2.05, 4.69) is 0 Å². The van der Waals surface area contributed by atoms with Crippen LogP contribution in [0.5, 0.6) is 0 Å². The Kier molecular flexibility index (Phi) is 2.62. The normalized spacial score (nSPS) is 46.5. The molecule has 2 atom stereocenters. The maximum absolute atomic E-state index is 12.6. The minimum Gasteiger partial charge on any atom is -0.380 e. The molecule has 0 aromatic carbocycles. The largest absolute Gasteiger partial charge is 0.417 e. The van der Waals surface area contributed by atoms with E-state index in [0.717, 1.165) is 6.42 Å². The van der Waals surface area contributed by atoms with Crippen LogP contribution in [0, 0.1) is 0 Å². The molecule has 2 aliphatic heterocycles. The molecule has 6 heteroatoms. The first kappa shape index (κ1) is 11.4. The van der Waals surface area contributed by atoms with Gasteiger partial charge in [0.05, 0.1) is 0 Å². The average Bonchev–Trinajstić information content (AvgIpc) is 2.05. The van der Waals surface area contributed by atoms with Crippen molar-refractivity contribution in [2.45, 2.75) is 54.4 Å². The molecular weight excluding hydrogens is 229 g/mol. The van der Waals surface area contributed by atoms with Crippen LogP contribution in [0.25, 0.3) is 0 Å². The minimum absolute atomic E-state index is 0.389. The number of hydrogen-bond donors (Lipinski definition) is 1. The Morgan fingerprint density at radius 1 is 1.20 bits per heavy atom.